The van der Waals surface area contributed by atoms with Crippen LogP contribution in [0.25, 0.3) is 11.4 Å². The summed E-state index contributed by atoms with van der Waals surface area (Å²) in [7, 11) is 0. The lowest BCUT2D eigenvalue weighted by atomic mass is 10.2. The van der Waals surface area contributed by atoms with Crippen LogP contribution in [0.2, 0.25) is 0 Å². The zero-order chi connectivity index (χ0) is 14.2. The van der Waals surface area contributed by atoms with Crippen molar-refractivity contribution >= 4 is 11.6 Å². The maximum Gasteiger partial charge on any atom is 0.163 e. The van der Waals surface area contributed by atoms with E-state index < -0.39 is 0 Å². The monoisotopic (exact) mass is 272 g/mol. The minimum Gasteiger partial charge on any atom is -0.396 e. The average molecular weight is 272 g/mol. The zero-order valence-corrected chi connectivity index (χ0v) is 11.6. The van der Waals surface area contributed by atoms with E-state index in [1.54, 1.807) is 0 Å². The van der Waals surface area contributed by atoms with Gasteiger partial charge in [0.15, 0.2) is 5.82 Å². The van der Waals surface area contributed by atoms with Crippen LogP contribution >= 0.6 is 0 Å². The molecule has 1 aromatic heterocycles. The Morgan fingerprint density at radius 2 is 1.75 bits per heavy atom. The van der Waals surface area contributed by atoms with Crippen molar-refractivity contribution in [3.63, 3.8) is 0 Å². The first-order valence-electron chi connectivity index (χ1n) is 6.86. The molecule has 0 fully saturated rings. The van der Waals surface area contributed by atoms with Crippen LogP contribution in [-0.2, 0) is 0 Å². The summed E-state index contributed by atoms with van der Waals surface area (Å²) < 4.78 is 0. The predicted octanol–water partition coefficient (Wildman–Crippen LogP) is 2.37. The third-order valence-corrected chi connectivity index (χ3v) is 2.76. The first kappa shape index (κ1) is 14.3. The molecule has 0 aliphatic carbocycles. The molecule has 0 spiro atoms. The molecule has 0 amide bonds. The fourth-order valence-corrected chi connectivity index (χ4v) is 1.82. The first-order valence-corrected chi connectivity index (χ1v) is 6.86. The van der Waals surface area contributed by atoms with Gasteiger partial charge in [0.1, 0.15) is 11.6 Å². The number of aromatic nitrogens is 2. The molecule has 106 valence electrons. The van der Waals surface area contributed by atoms with Crippen molar-refractivity contribution in [1.29, 1.82) is 0 Å². The van der Waals surface area contributed by atoms with Gasteiger partial charge >= 0.3 is 0 Å². The van der Waals surface area contributed by atoms with Crippen LogP contribution in [-0.4, -0.2) is 34.8 Å². The molecule has 0 radical (unpaired) electrons. The third kappa shape index (κ3) is 3.93. The van der Waals surface area contributed by atoms with Gasteiger partial charge in [-0.2, -0.15) is 0 Å². The van der Waals surface area contributed by atoms with Crippen molar-refractivity contribution in [1.82, 2.24) is 9.97 Å². The lowest BCUT2D eigenvalue weighted by Crippen LogP contribution is -2.08. The molecule has 20 heavy (non-hydrogen) atoms. The Bertz CT molecular complexity index is 531. The molecule has 5 heteroatoms. The quantitative estimate of drug-likeness (QED) is 0.675. The number of benzene rings is 1. The number of hydrogen-bond donors (Lipinski definition) is 3. The SMILES string of the molecule is CCNc1cc(NCCCO)nc(-c2ccccc2)n1. The molecule has 0 saturated carbocycles. The highest BCUT2D eigenvalue weighted by Gasteiger charge is 2.06. The summed E-state index contributed by atoms with van der Waals surface area (Å²) in [4.78, 5) is 9.02. The van der Waals surface area contributed by atoms with E-state index in [2.05, 4.69) is 20.6 Å². The van der Waals surface area contributed by atoms with Crippen molar-refractivity contribution in [2.45, 2.75) is 13.3 Å². The van der Waals surface area contributed by atoms with Crippen molar-refractivity contribution in [3.05, 3.63) is 36.4 Å². The number of anilines is 2. The second-order valence-electron chi connectivity index (χ2n) is 4.36. The highest BCUT2D eigenvalue weighted by Crippen LogP contribution is 2.19. The minimum absolute atomic E-state index is 0.170. The Hall–Kier alpha value is -2.14. The van der Waals surface area contributed by atoms with E-state index >= 15 is 0 Å². The summed E-state index contributed by atoms with van der Waals surface area (Å²) in [6.07, 6.45) is 0.696. The van der Waals surface area contributed by atoms with E-state index in [0.29, 0.717) is 18.8 Å². The average Bonchev–Trinajstić information content (AvgIpc) is 2.49. The molecule has 0 bridgehead atoms. The summed E-state index contributed by atoms with van der Waals surface area (Å²) in [6, 6.07) is 11.8. The van der Waals surface area contributed by atoms with Crippen molar-refractivity contribution < 1.29 is 5.11 Å². The summed E-state index contributed by atoms with van der Waals surface area (Å²) in [5.41, 5.74) is 0.984. The lowest BCUT2D eigenvalue weighted by Gasteiger charge is -2.10. The Kier molecular flexibility index (Phi) is 5.32. The molecule has 5 nitrogen and oxygen atoms in total. The minimum atomic E-state index is 0.170. The predicted molar refractivity (Wildman–Crippen MR) is 81.8 cm³/mol. The molecular formula is C15H20N4O. The van der Waals surface area contributed by atoms with Gasteiger partial charge in [-0.1, -0.05) is 30.3 Å². The Morgan fingerprint density at radius 1 is 1.05 bits per heavy atom. The molecule has 0 atom stereocenters. The molecule has 0 aliphatic rings. The van der Waals surface area contributed by atoms with Gasteiger partial charge in [-0.15, -0.1) is 0 Å². The number of aliphatic hydroxyl groups is 1. The molecule has 2 rings (SSSR count). The summed E-state index contributed by atoms with van der Waals surface area (Å²) >= 11 is 0. The highest BCUT2D eigenvalue weighted by atomic mass is 16.3. The fraction of sp³-hybridized carbons (Fsp3) is 0.333. The van der Waals surface area contributed by atoms with Gasteiger partial charge in [0.2, 0.25) is 0 Å². The van der Waals surface area contributed by atoms with Crippen molar-refractivity contribution in [2.75, 3.05) is 30.3 Å². The van der Waals surface area contributed by atoms with Crippen LogP contribution < -0.4 is 10.6 Å². The van der Waals surface area contributed by atoms with Crippen molar-refractivity contribution in [3.8, 4) is 11.4 Å². The topological polar surface area (TPSA) is 70.1 Å². The molecule has 1 aromatic carbocycles. The Morgan fingerprint density at radius 3 is 2.40 bits per heavy atom. The lowest BCUT2D eigenvalue weighted by molar-refractivity contribution is 0.292. The van der Waals surface area contributed by atoms with Gasteiger partial charge < -0.3 is 15.7 Å². The van der Waals surface area contributed by atoms with E-state index in [1.807, 2.05) is 43.3 Å². The smallest absolute Gasteiger partial charge is 0.163 e. The Labute approximate surface area is 119 Å². The third-order valence-electron chi connectivity index (χ3n) is 2.76. The van der Waals surface area contributed by atoms with E-state index in [4.69, 9.17) is 5.11 Å². The molecule has 1 heterocycles. The molecular weight excluding hydrogens is 252 g/mol. The zero-order valence-electron chi connectivity index (χ0n) is 11.6. The summed E-state index contributed by atoms with van der Waals surface area (Å²) in [5, 5.41) is 15.2. The van der Waals surface area contributed by atoms with E-state index in [1.165, 1.54) is 0 Å². The number of nitrogens with one attached hydrogen (secondary N) is 2. The number of rotatable bonds is 7. The van der Waals surface area contributed by atoms with Crippen LogP contribution in [0.1, 0.15) is 13.3 Å². The van der Waals surface area contributed by atoms with Gasteiger partial charge in [0.05, 0.1) is 0 Å². The van der Waals surface area contributed by atoms with E-state index in [0.717, 1.165) is 23.7 Å². The van der Waals surface area contributed by atoms with Gasteiger partial charge in [-0.3, -0.25) is 0 Å². The van der Waals surface area contributed by atoms with Gasteiger partial charge in [0.25, 0.3) is 0 Å². The second kappa shape index (κ2) is 7.45. The van der Waals surface area contributed by atoms with Gasteiger partial charge in [-0.25, -0.2) is 9.97 Å². The Balaban J connectivity index is 2.26. The second-order valence-corrected chi connectivity index (χ2v) is 4.36. The highest BCUT2D eigenvalue weighted by molar-refractivity contribution is 5.61. The van der Waals surface area contributed by atoms with Crippen LogP contribution in [0.4, 0.5) is 11.6 Å². The first-order chi connectivity index (χ1) is 9.83. The maximum absolute atomic E-state index is 8.83. The molecule has 3 N–H and O–H groups in total. The van der Waals surface area contributed by atoms with Gasteiger partial charge in [0, 0.05) is 31.3 Å². The van der Waals surface area contributed by atoms with Crippen LogP contribution in [0, 0.1) is 0 Å². The number of hydrogen-bond acceptors (Lipinski definition) is 5. The van der Waals surface area contributed by atoms with Gasteiger partial charge in [-0.05, 0) is 13.3 Å². The molecule has 0 unspecified atom stereocenters. The molecule has 2 aromatic rings. The fourth-order valence-electron chi connectivity index (χ4n) is 1.82. The van der Waals surface area contributed by atoms with E-state index in [-0.39, 0.29) is 6.61 Å². The molecule has 0 aliphatic heterocycles. The van der Waals surface area contributed by atoms with E-state index in [9.17, 15) is 0 Å². The largest absolute Gasteiger partial charge is 0.396 e. The molecule has 0 saturated heterocycles. The summed E-state index contributed by atoms with van der Waals surface area (Å²) in [5.74, 6) is 2.26. The number of aliphatic hydroxyl groups excluding tert-OH is 1. The van der Waals surface area contributed by atoms with Crippen LogP contribution in [0.15, 0.2) is 36.4 Å². The van der Waals surface area contributed by atoms with Crippen LogP contribution in [0.3, 0.4) is 0 Å². The van der Waals surface area contributed by atoms with Crippen LogP contribution in [0.5, 0.6) is 0 Å². The standard InChI is InChI=1S/C15H20N4O/c1-2-16-13-11-14(17-9-6-10-20)19-15(18-13)12-7-4-3-5-8-12/h3-5,7-8,11,20H,2,6,9-10H2,1H3,(H2,16,17,18,19). The number of nitrogens with zero attached hydrogens (tertiary/aromatic N) is 2. The van der Waals surface area contributed by atoms with Crippen molar-refractivity contribution in [2.24, 2.45) is 0 Å². The maximum atomic E-state index is 8.83. The normalized spacial score (nSPS) is 10.3. The summed E-state index contributed by atoms with van der Waals surface area (Å²) in [6.45, 7) is 3.70.